The monoisotopic (exact) mass is 694 g/mol. The molecule has 0 bridgehead atoms. The molecule has 0 aromatic heterocycles. The van der Waals surface area contributed by atoms with Crippen LogP contribution in [0.5, 0.6) is 0 Å². The average molecular weight is 695 g/mol. The van der Waals surface area contributed by atoms with Crippen molar-refractivity contribution in [3.05, 3.63) is 70.1 Å². The first-order chi connectivity index (χ1) is 23.1. The van der Waals surface area contributed by atoms with Crippen molar-refractivity contribution in [2.45, 2.75) is 46.6 Å². The van der Waals surface area contributed by atoms with Gasteiger partial charge in [0.1, 0.15) is 17.4 Å². The van der Waals surface area contributed by atoms with E-state index in [1.54, 1.807) is 0 Å². The van der Waals surface area contributed by atoms with Crippen molar-refractivity contribution in [2.75, 3.05) is 30.7 Å². The van der Waals surface area contributed by atoms with E-state index in [9.17, 15) is 32.7 Å². The topological polar surface area (TPSA) is 225 Å². The highest BCUT2D eigenvalue weighted by molar-refractivity contribution is 7.85. The second kappa shape index (κ2) is 15.3. The first kappa shape index (κ1) is 36.6. The summed E-state index contributed by atoms with van der Waals surface area (Å²) in [6.45, 7) is 8.43. The number of nitrogens with one attached hydrogen (secondary N) is 3. The molecule has 6 N–H and O–H groups in total. The van der Waals surface area contributed by atoms with E-state index in [0.29, 0.717) is 46.5 Å². The number of aryl methyl sites for hydroxylation is 2. The average Bonchev–Trinajstić information content (AvgIpc) is 3.02. The molecule has 15 heteroatoms. The second-order valence-electron chi connectivity index (χ2n) is 11.4. The number of fused-ring (bicyclic) bond motifs is 2. The normalized spacial score (nSPS) is 12.6. The van der Waals surface area contributed by atoms with Crippen LogP contribution in [0, 0.1) is 13.8 Å². The lowest BCUT2D eigenvalue weighted by atomic mass is 9.88. The van der Waals surface area contributed by atoms with Crippen LogP contribution in [-0.2, 0) is 19.7 Å². The molecule has 0 spiro atoms. The molecule has 260 valence electrons. The Bertz CT molecular complexity index is 2090. The minimum Gasteiger partial charge on any atom is -0.481 e. The van der Waals surface area contributed by atoms with Crippen molar-refractivity contribution in [3.8, 4) is 22.5 Å². The van der Waals surface area contributed by atoms with E-state index in [2.05, 4.69) is 20.9 Å². The van der Waals surface area contributed by atoms with Gasteiger partial charge in [-0.2, -0.15) is 8.42 Å². The third-order valence-corrected chi connectivity index (χ3v) is 8.51. The lowest BCUT2D eigenvalue weighted by Crippen LogP contribution is -2.47. The van der Waals surface area contributed by atoms with Gasteiger partial charge in [-0.25, -0.2) is 4.79 Å². The molecule has 0 saturated carbocycles. The summed E-state index contributed by atoms with van der Waals surface area (Å²) in [6.07, 6.45) is -0.842. The molecule has 14 nitrogen and oxygen atoms in total. The Morgan fingerprint density at radius 2 is 1.69 bits per heavy atom. The van der Waals surface area contributed by atoms with Crippen LogP contribution in [0.25, 0.3) is 33.4 Å². The first-order valence-electron chi connectivity index (χ1n) is 15.5. The van der Waals surface area contributed by atoms with Gasteiger partial charge in [-0.3, -0.25) is 23.9 Å². The summed E-state index contributed by atoms with van der Waals surface area (Å²) in [5.41, 5.74) is 4.25. The smallest absolute Gasteiger partial charge is 0.336 e. The van der Waals surface area contributed by atoms with Crippen LogP contribution in [0.1, 0.15) is 58.5 Å². The number of carboxylic acid groups (broad SMARTS) is 2. The molecule has 2 amide bonds. The maximum absolute atomic E-state index is 13.4. The largest absolute Gasteiger partial charge is 0.481 e. The maximum Gasteiger partial charge on any atom is 0.336 e. The van der Waals surface area contributed by atoms with E-state index in [0.717, 1.165) is 22.2 Å². The number of carbonyl (C=O) groups is 4. The van der Waals surface area contributed by atoms with Gasteiger partial charge in [0.15, 0.2) is 0 Å². The quantitative estimate of drug-likeness (QED) is 0.0821. The molecule has 4 rings (SSSR count). The summed E-state index contributed by atoms with van der Waals surface area (Å²) in [6, 6.07) is 10.1. The SMILES string of the molecule is CC/N=c1/cc2oc3cc(NCC)c(C)cc3c(-c3ccc(C(=O)NC(CCC(=O)O)C(=O)NCCS(=O)(=O)O)cc3C(=O)O)c-2cc1C. The standard InChI is InChI=1S/C34H38N4O10S/c1-5-35-26-16-28-23(13-18(26)3)31(24-14-19(4)27(36-6-2)17-29(24)48-28)21-8-7-20(15-22(21)34(43)44)32(41)38-25(9-10-30(39)40)33(42)37-11-12-49(45,46)47/h7-8,13-17,25,35H,5-6,9-12H2,1-4H3,(H,37,42)(H,38,41)(H,39,40)(H,43,44)(H,45,46,47)/b36-27-. The van der Waals surface area contributed by atoms with Gasteiger partial charge in [-0.15, -0.1) is 0 Å². The van der Waals surface area contributed by atoms with Crippen molar-refractivity contribution < 1.29 is 46.8 Å². The summed E-state index contributed by atoms with van der Waals surface area (Å²) in [7, 11) is -4.39. The van der Waals surface area contributed by atoms with Crippen LogP contribution in [0.3, 0.4) is 0 Å². The van der Waals surface area contributed by atoms with E-state index >= 15 is 0 Å². The highest BCUT2D eigenvalue weighted by atomic mass is 32.2. The fourth-order valence-corrected chi connectivity index (χ4v) is 5.85. The van der Waals surface area contributed by atoms with Crippen molar-refractivity contribution in [3.63, 3.8) is 0 Å². The van der Waals surface area contributed by atoms with E-state index in [1.165, 1.54) is 18.2 Å². The number of rotatable bonds is 14. The zero-order valence-corrected chi connectivity index (χ0v) is 28.2. The molecule has 2 aromatic rings. The molecule has 2 aromatic carbocycles. The van der Waals surface area contributed by atoms with Crippen molar-refractivity contribution >= 4 is 50.5 Å². The number of hydrogen-bond donors (Lipinski definition) is 6. The Kier molecular flexibility index (Phi) is 11.4. The van der Waals surface area contributed by atoms with Crippen LogP contribution >= 0.6 is 0 Å². The molecular weight excluding hydrogens is 656 g/mol. The number of aromatic carboxylic acids is 1. The Hall–Kier alpha value is -5.28. The second-order valence-corrected chi connectivity index (χ2v) is 13.0. The Balaban J connectivity index is 1.84. The lowest BCUT2D eigenvalue weighted by Gasteiger charge is -2.20. The van der Waals surface area contributed by atoms with Crippen molar-refractivity contribution in [1.29, 1.82) is 0 Å². The number of aliphatic carboxylic acids is 1. The summed E-state index contributed by atoms with van der Waals surface area (Å²) in [4.78, 5) is 54.7. The molecule has 1 atom stereocenters. The first-order valence-corrected chi connectivity index (χ1v) is 17.1. The fourth-order valence-electron chi connectivity index (χ4n) is 5.49. The predicted octanol–water partition coefficient (Wildman–Crippen LogP) is 3.84. The van der Waals surface area contributed by atoms with Gasteiger partial charge in [0.05, 0.1) is 16.7 Å². The molecule has 1 aliphatic carbocycles. The van der Waals surface area contributed by atoms with Crippen LogP contribution in [-0.4, -0.2) is 78.4 Å². The number of nitrogens with zero attached hydrogens (tertiary/aromatic N) is 1. The van der Waals surface area contributed by atoms with Gasteiger partial charge < -0.3 is 30.6 Å². The summed E-state index contributed by atoms with van der Waals surface area (Å²) in [5.74, 6) is -4.62. The van der Waals surface area contributed by atoms with Crippen LogP contribution in [0.4, 0.5) is 5.69 Å². The van der Waals surface area contributed by atoms with Gasteiger partial charge in [0.25, 0.3) is 16.0 Å². The third-order valence-electron chi connectivity index (χ3n) is 7.79. The Labute approximate surface area is 282 Å². The minimum atomic E-state index is -4.39. The zero-order chi connectivity index (χ0) is 36.0. The van der Waals surface area contributed by atoms with E-state index < -0.39 is 58.6 Å². The highest BCUT2D eigenvalue weighted by Gasteiger charge is 2.26. The van der Waals surface area contributed by atoms with Crippen molar-refractivity contribution in [2.24, 2.45) is 4.99 Å². The van der Waals surface area contributed by atoms with Gasteiger partial charge in [-0.05, 0) is 75.1 Å². The zero-order valence-electron chi connectivity index (χ0n) is 27.4. The molecule has 1 aliphatic heterocycles. The van der Waals surface area contributed by atoms with Gasteiger partial charge in [0, 0.05) is 66.0 Å². The summed E-state index contributed by atoms with van der Waals surface area (Å²) < 4.78 is 37.4. The molecule has 1 unspecified atom stereocenters. The number of amides is 2. The molecule has 0 radical (unpaired) electrons. The Morgan fingerprint density at radius 3 is 2.33 bits per heavy atom. The van der Waals surface area contributed by atoms with Gasteiger partial charge >= 0.3 is 11.9 Å². The molecule has 2 aliphatic rings. The van der Waals surface area contributed by atoms with Crippen LogP contribution < -0.4 is 21.3 Å². The number of anilines is 1. The summed E-state index contributed by atoms with van der Waals surface area (Å²) in [5, 5.41) is 28.9. The van der Waals surface area contributed by atoms with E-state index in [-0.39, 0.29) is 17.5 Å². The molecule has 0 saturated heterocycles. The molecule has 1 heterocycles. The van der Waals surface area contributed by atoms with Crippen LogP contribution in [0.15, 0.2) is 51.9 Å². The maximum atomic E-state index is 13.4. The summed E-state index contributed by atoms with van der Waals surface area (Å²) >= 11 is 0. The lowest BCUT2D eigenvalue weighted by molar-refractivity contribution is -0.137. The fraction of sp³-hybridized carbons (Fsp3) is 0.324. The van der Waals surface area contributed by atoms with E-state index in [1.807, 2.05) is 52.0 Å². The van der Waals surface area contributed by atoms with Crippen molar-refractivity contribution in [1.82, 2.24) is 10.6 Å². The number of carbonyl (C=O) groups excluding carboxylic acids is 2. The molecule has 49 heavy (non-hydrogen) atoms. The van der Waals surface area contributed by atoms with Gasteiger partial charge in [-0.1, -0.05) is 6.07 Å². The third kappa shape index (κ3) is 8.80. The number of carboxylic acids is 2. The van der Waals surface area contributed by atoms with Gasteiger partial charge in [0.2, 0.25) is 5.91 Å². The number of hydrogen-bond acceptors (Lipinski definition) is 9. The number of benzene rings is 3. The molecular formula is C34H38N4O10S. The minimum absolute atomic E-state index is 0.118. The van der Waals surface area contributed by atoms with Crippen LogP contribution in [0.2, 0.25) is 0 Å². The Morgan fingerprint density at radius 1 is 0.959 bits per heavy atom. The highest BCUT2D eigenvalue weighted by Crippen LogP contribution is 2.43. The molecule has 0 fully saturated rings. The van der Waals surface area contributed by atoms with E-state index in [4.69, 9.17) is 14.1 Å². The predicted molar refractivity (Wildman–Crippen MR) is 183 cm³/mol.